The van der Waals surface area contributed by atoms with Gasteiger partial charge in [-0.25, -0.2) is 4.39 Å². The van der Waals surface area contributed by atoms with E-state index in [-0.39, 0.29) is 23.2 Å². The van der Waals surface area contributed by atoms with Crippen molar-refractivity contribution < 1.29 is 18.7 Å². The molecule has 0 radical (unpaired) electrons. The van der Waals surface area contributed by atoms with E-state index in [0.29, 0.717) is 9.26 Å². The fourth-order valence-electron chi connectivity index (χ4n) is 1.57. The number of ketones is 1. The highest BCUT2D eigenvalue weighted by atomic mass is 127. The maximum atomic E-state index is 12.9. The quantitative estimate of drug-likeness (QED) is 0.458. The minimum Gasteiger partial charge on any atom is -0.480 e. The Balaban J connectivity index is 2.51. The third-order valence-electron chi connectivity index (χ3n) is 2.52. The molecule has 0 unspecified atom stereocenters. The number of hydrogen-bond acceptors (Lipinski definition) is 5. The molecule has 1 aromatic carbocycles. The average molecular weight is 388 g/mol. The van der Waals surface area contributed by atoms with E-state index < -0.39 is 5.82 Å². The number of benzene rings is 1. The Morgan fingerprint density at radius 1 is 1.15 bits per heavy atom. The predicted octanol–water partition coefficient (Wildman–Crippen LogP) is 2.47. The molecule has 104 valence electrons. The van der Waals surface area contributed by atoms with E-state index in [2.05, 4.69) is 9.97 Å². The first-order valence-corrected chi connectivity index (χ1v) is 6.60. The summed E-state index contributed by atoms with van der Waals surface area (Å²) in [6.45, 7) is 0. The topological polar surface area (TPSA) is 61.3 Å². The second kappa shape index (κ2) is 6.12. The molecule has 0 saturated carbocycles. The lowest BCUT2D eigenvalue weighted by Gasteiger charge is -2.09. The normalized spacial score (nSPS) is 10.2. The Hall–Kier alpha value is -1.77. The third kappa shape index (κ3) is 2.87. The highest BCUT2D eigenvalue weighted by Crippen LogP contribution is 2.26. The van der Waals surface area contributed by atoms with Crippen LogP contribution in [-0.4, -0.2) is 30.0 Å². The zero-order valence-corrected chi connectivity index (χ0v) is 12.8. The average Bonchev–Trinajstić information content (AvgIpc) is 2.46. The molecule has 2 rings (SSSR count). The molecule has 2 aromatic rings. The van der Waals surface area contributed by atoms with Gasteiger partial charge in [-0.05, 0) is 46.9 Å². The van der Waals surface area contributed by atoms with E-state index in [1.165, 1.54) is 38.5 Å². The number of hydrogen-bond donors (Lipinski definition) is 0. The van der Waals surface area contributed by atoms with Crippen LogP contribution in [-0.2, 0) is 0 Å². The van der Waals surface area contributed by atoms with Gasteiger partial charge in [0.2, 0.25) is 11.7 Å². The Morgan fingerprint density at radius 3 is 2.35 bits per heavy atom. The second-order valence-corrected chi connectivity index (χ2v) is 4.74. The van der Waals surface area contributed by atoms with Crippen molar-refractivity contribution in [2.75, 3.05) is 14.2 Å². The molecule has 20 heavy (non-hydrogen) atoms. The Morgan fingerprint density at radius 2 is 1.80 bits per heavy atom. The van der Waals surface area contributed by atoms with E-state index in [1.54, 1.807) is 0 Å². The van der Waals surface area contributed by atoms with Gasteiger partial charge >= 0.3 is 6.01 Å². The van der Waals surface area contributed by atoms with Crippen LogP contribution in [0.1, 0.15) is 15.9 Å². The predicted molar refractivity (Wildman–Crippen MR) is 77.7 cm³/mol. The molecule has 1 heterocycles. The molecular weight excluding hydrogens is 378 g/mol. The van der Waals surface area contributed by atoms with Gasteiger partial charge in [-0.2, -0.15) is 9.97 Å². The maximum absolute atomic E-state index is 12.9. The summed E-state index contributed by atoms with van der Waals surface area (Å²) in [6.07, 6.45) is 0. The van der Waals surface area contributed by atoms with Gasteiger partial charge in [0.15, 0.2) is 0 Å². The molecule has 0 aliphatic heterocycles. The highest BCUT2D eigenvalue weighted by Gasteiger charge is 2.22. The van der Waals surface area contributed by atoms with E-state index in [4.69, 9.17) is 9.47 Å². The largest absolute Gasteiger partial charge is 0.480 e. The van der Waals surface area contributed by atoms with Crippen molar-refractivity contribution >= 4 is 28.4 Å². The lowest BCUT2D eigenvalue weighted by atomic mass is 10.1. The van der Waals surface area contributed by atoms with E-state index >= 15 is 0 Å². The fourth-order valence-corrected chi connectivity index (χ4v) is 2.25. The number of halogens is 2. The van der Waals surface area contributed by atoms with Gasteiger partial charge in [0.25, 0.3) is 0 Å². The molecule has 0 fully saturated rings. The zero-order valence-electron chi connectivity index (χ0n) is 10.7. The molecule has 5 nitrogen and oxygen atoms in total. The zero-order chi connectivity index (χ0) is 14.7. The number of rotatable bonds is 4. The van der Waals surface area contributed by atoms with Gasteiger partial charge in [-0.1, -0.05) is 0 Å². The summed E-state index contributed by atoms with van der Waals surface area (Å²) >= 11 is 1.90. The van der Waals surface area contributed by atoms with Crippen molar-refractivity contribution in [1.29, 1.82) is 0 Å². The molecule has 0 bridgehead atoms. The number of nitrogens with zero attached hydrogens (tertiary/aromatic N) is 2. The lowest BCUT2D eigenvalue weighted by molar-refractivity contribution is 0.103. The monoisotopic (exact) mass is 388 g/mol. The second-order valence-electron chi connectivity index (χ2n) is 3.72. The van der Waals surface area contributed by atoms with Gasteiger partial charge in [-0.3, -0.25) is 4.79 Å². The molecule has 0 N–H and O–H groups in total. The van der Waals surface area contributed by atoms with E-state index in [0.717, 1.165) is 0 Å². The van der Waals surface area contributed by atoms with E-state index in [9.17, 15) is 9.18 Å². The van der Waals surface area contributed by atoms with Crippen molar-refractivity contribution in [3.05, 3.63) is 44.9 Å². The summed E-state index contributed by atoms with van der Waals surface area (Å²) in [6, 6.07) is 5.35. The number of ether oxygens (including phenoxy) is 2. The van der Waals surface area contributed by atoms with Crippen molar-refractivity contribution in [2.24, 2.45) is 0 Å². The lowest BCUT2D eigenvalue weighted by Crippen LogP contribution is -2.10. The van der Waals surface area contributed by atoms with Crippen molar-refractivity contribution in [3.63, 3.8) is 0 Å². The van der Waals surface area contributed by atoms with Crippen LogP contribution in [0.15, 0.2) is 24.3 Å². The van der Waals surface area contributed by atoms with Gasteiger partial charge in [0, 0.05) is 5.56 Å². The summed E-state index contributed by atoms with van der Waals surface area (Å²) in [7, 11) is 2.83. The fraction of sp³-hybridized carbons (Fsp3) is 0.154. The van der Waals surface area contributed by atoms with Crippen LogP contribution in [0.3, 0.4) is 0 Å². The van der Waals surface area contributed by atoms with Crippen molar-refractivity contribution in [2.45, 2.75) is 0 Å². The van der Waals surface area contributed by atoms with E-state index in [1.807, 2.05) is 22.6 Å². The first kappa shape index (κ1) is 14.6. The third-order valence-corrected chi connectivity index (χ3v) is 3.30. The molecule has 0 aliphatic rings. The molecule has 0 spiro atoms. The molecule has 0 aliphatic carbocycles. The van der Waals surface area contributed by atoms with Crippen LogP contribution in [0.4, 0.5) is 4.39 Å². The summed E-state index contributed by atoms with van der Waals surface area (Å²) in [4.78, 5) is 20.5. The van der Waals surface area contributed by atoms with Crippen LogP contribution >= 0.6 is 22.6 Å². The molecule has 0 amide bonds. The summed E-state index contributed by atoms with van der Waals surface area (Å²) in [5.74, 6) is -0.626. The van der Waals surface area contributed by atoms with Gasteiger partial charge in [-0.15, -0.1) is 0 Å². The Labute approximate surface area is 128 Å². The summed E-state index contributed by atoms with van der Waals surface area (Å²) in [5, 5.41) is 0. The van der Waals surface area contributed by atoms with Gasteiger partial charge in [0.05, 0.1) is 14.2 Å². The smallest absolute Gasteiger partial charge is 0.320 e. The van der Waals surface area contributed by atoms with Crippen LogP contribution in [0.25, 0.3) is 0 Å². The standard InChI is InChI=1S/C13H10FIN2O3/c1-19-12-9(11(15)16-13(17-12)20-2)10(18)7-3-5-8(14)6-4-7/h3-6H,1-2H3. The number of carbonyl (C=O) groups is 1. The minimum atomic E-state index is -0.408. The first-order valence-electron chi connectivity index (χ1n) is 5.52. The summed E-state index contributed by atoms with van der Waals surface area (Å²) in [5.41, 5.74) is 0.553. The number of carbonyl (C=O) groups excluding carboxylic acids is 1. The van der Waals surface area contributed by atoms with Crippen LogP contribution < -0.4 is 9.47 Å². The number of methoxy groups -OCH3 is 2. The van der Waals surface area contributed by atoms with Gasteiger partial charge in [0.1, 0.15) is 15.1 Å². The molecule has 7 heteroatoms. The maximum Gasteiger partial charge on any atom is 0.320 e. The minimum absolute atomic E-state index is 0.113. The Bertz CT molecular complexity index is 647. The first-order chi connectivity index (χ1) is 9.56. The van der Waals surface area contributed by atoms with Crippen LogP contribution in [0, 0.1) is 9.52 Å². The van der Waals surface area contributed by atoms with Gasteiger partial charge < -0.3 is 9.47 Å². The molecule has 0 atom stereocenters. The van der Waals surface area contributed by atoms with Crippen LogP contribution in [0.5, 0.6) is 11.9 Å². The molecule has 1 aromatic heterocycles. The summed E-state index contributed by atoms with van der Waals surface area (Å²) < 4.78 is 23.3. The van der Waals surface area contributed by atoms with Crippen molar-refractivity contribution in [3.8, 4) is 11.9 Å². The van der Waals surface area contributed by atoms with Crippen LogP contribution in [0.2, 0.25) is 0 Å². The Kier molecular flexibility index (Phi) is 4.48. The number of aromatic nitrogens is 2. The van der Waals surface area contributed by atoms with Crippen molar-refractivity contribution in [1.82, 2.24) is 9.97 Å². The highest BCUT2D eigenvalue weighted by molar-refractivity contribution is 14.1. The molecular formula is C13H10FIN2O3. The molecule has 0 saturated heterocycles. The SMILES string of the molecule is COc1nc(I)c(C(=O)c2ccc(F)cc2)c(OC)n1.